The molecular weight excluding hydrogens is 533 g/mol. The number of morpholine rings is 1. The number of hydrogen-bond donors (Lipinski definition) is 0. The van der Waals surface area contributed by atoms with Gasteiger partial charge in [-0.1, -0.05) is 30.6 Å². The summed E-state index contributed by atoms with van der Waals surface area (Å²) in [5.74, 6) is 5.70. The highest BCUT2D eigenvalue weighted by Gasteiger charge is 2.66. The summed E-state index contributed by atoms with van der Waals surface area (Å²) in [6, 6.07) is 8.70. The molecule has 0 bridgehead atoms. The van der Waals surface area contributed by atoms with Gasteiger partial charge in [-0.05, 0) is 91.2 Å². The number of carbonyl (C=O) groups is 3. The Hall–Kier alpha value is -3.24. The number of allylic oxidation sites excluding steroid dienone is 4. The largest absolute Gasteiger partial charge is 0.458 e. The van der Waals surface area contributed by atoms with Crippen LogP contribution in [0.2, 0.25) is 0 Å². The van der Waals surface area contributed by atoms with Crippen molar-refractivity contribution in [2.45, 2.75) is 71.4 Å². The summed E-state index contributed by atoms with van der Waals surface area (Å²) >= 11 is 0. The number of carbonyl (C=O) groups excluding carboxylic acids is 3. The number of benzene rings is 1. The summed E-state index contributed by atoms with van der Waals surface area (Å²) in [4.78, 5) is 40.3. The number of alkyl halides is 1. The molecule has 6 rings (SSSR count). The Kier molecular flexibility index (Phi) is 7.64. The summed E-state index contributed by atoms with van der Waals surface area (Å²) in [5, 5.41) is 0. The van der Waals surface area contributed by atoms with Crippen molar-refractivity contribution in [2.24, 2.45) is 22.7 Å². The van der Waals surface area contributed by atoms with Crippen LogP contribution in [0, 0.1) is 34.5 Å². The summed E-state index contributed by atoms with van der Waals surface area (Å²) in [6.45, 7) is 8.05. The number of fused-ring (bicyclic) bond motifs is 4. The average Bonchev–Trinajstić information content (AvgIpc) is 3.29. The maximum Gasteiger partial charge on any atom is 0.303 e. The molecule has 1 saturated heterocycles. The van der Waals surface area contributed by atoms with Gasteiger partial charge in [0.1, 0.15) is 6.17 Å². The fourth-order valence-electron chi connectivity index (χ4n) is 8.94. The fraction of sp³-hybridized carbons (Fsp3) is 0.571. The minimum atomic E-state index is -1.20. The van der Waals surface area contributed by atoms with Crippen molar-refractivity contribution < 1.29 is 28.2 Å². The molecule has 222 valence electrons. The first-order valence-corrected chi connectivity index (χ1v) is 15.3. The van der Waals surface area contributed by atoms with Gasteiger partial charge in [0.15, 0.2) is 18.2 Å². The standard InChI is InChI=1S/C35H40FNO5/c1-4-12-35(32(40)21-42-22(2)38)13-11-30-28-19-31(36)27-18-25(39)9-10-26(27)33(28)29(20-34(30,35)3)23-5-7-24(8-6-23)37-14-16-41-17-15-37/h5-8,18,28-31H,9-11,13-17,19-21H2,1-3H3/t28-,29+,30-,31?,34-,35+/m0/s1. The van der Waals surface area contributed by atoms with Gasteiger partial charge in [-0.25, -0.2) is 4.39 Å². The molecular formula is C35H40FNO5. The second kappa shape index (κ2) is 11.1. The minimum Gasteiger partial charge on any atom is -0.458 e. The molecule has 0 N–H and O–H groups in total. The Balaban J connectivity index is 1.47. The molecule has 1 aliphatic heterocycles. The van der Waals surface area contributed by atoms with Crippen LogP contribution in [-0.4, -0.2) is 56.6 Å². The molecule has 7 heteroatoms. The first-order chi connectivity index (χ1) is 20.2. The van der Waals surface area contributed by atoms with Gasteiger partial charge in [0.05, 0.1) is 18.6 Å². The molecule has 1 heterocycles. The van der Waals surface area contributed by atoms with Crippen LogP contribution < -0.4 is 4.90 Å². The summed E-state index contributed by atoms with van der Waals surface area (Å²) in [5.41, 5.74) is 3.63. The molecule has 4 aliphatic carbocycles. The number of anilines is 1. The number of Topliss-reactive ketones (excluding diaryl/α,β-unsaturated/α-hetero) is 1. The number of hydrogen-bond acceptors (Lipinski definition) is 6. The quantitative estimate of drug-likeness (QED) is 0.342. The van der Waals surface area contributed by atoms with Crippen LogP contribution in [-0.2, 0) is 23.9 Å². The van der Waals surface area contributed by atoms with Gasteiger partial charge in [-0.15, -0.1) is 5.92 Å². The van der Waals surface area contributed by atoms with E-state index < -0.39 is 23.0 Å². The zero-order valence-corrected chi connectivity index (χ0v) is 24.8. The lowest BCUT2D eigenvalue weighted by Gasteiger charge is -2.55. The lowest BCUT2D eigenvalue weighted by molar-refractivity contribution is -0.150. The van der Waals surface area contributed by atoms with Crippen LogP contribution in [0.1, 0.15) is 70.8 Å². The highest BCUT2D eigenvalue weighted by Crippen LogP contribution is 2.69. The summed E-state index contributed by atoms with van der Waals surface area (Å²) < 4.78 is 26.7. The van der Waals surface area contributed by atoms with Crippen molar-refractivity contribution in [1.29, 1.82) is 0 Å². The molecule has 6 atom stereocenters. The summed E-state index contributed by atoms with van der Waals surface area (Å²) in [6.07, 6.45) is 3.63. The van der Waals surface area contributed by atoms with Crippen molar-refractivity contribution in [3.05, 3.63) is 52.6 Å². The van der Waals surface area contributed by atoms with Crippen LogP contribution in [0.5, 0.6) is 0 Å². The highest BCUT2D eigenvalue weighted by molar-refractivity contribution is 5.93. The molecule has 0 amide bonds. The van der Waals surface area contributed by atoms with Gasteiger partial charge in [-0.2, -0.15) is 0 Å². The van der Waals surface area contributed by atoms with E-state index >= 15 is 4.39 Å². The number of ether oxygens (including phenoxy) is 2. The number of rotatable bonds is 5. The van der Waals surface area contributed by atoms with E-state index in [0.29, 0.717) is 50.9 Å². The third-order valence-corrected chi connectivity index (χ3v) is 10.8. The smallest absolute Gasteiger partial charge is 0.303 e. The van der Waals surface area contributed by atoms with E-state index in [1.165, 1.54) is 12.5 Å². The molecule has 0 radical (unpaired) electrons. The second-order valence-corrected chi connectivity index (χ2v) is 12.8. The molecule has 1 aromatic carbocycles. The minimum absolute atomic E-state index is 0.00307. The molecule has 1 unspecified atom stereocenters. The number of nitrogens with zero attached hydrogens (tertiary/aromatic N) is 1. The number of ketones is 2. The van der Waals surface area contributed by atoms with Crippen molar-refractivity contribution >= 4 is 23.2 Å². The van der Waals surface area contributed by atoms with Gasteiger partial charge in [0.2, 0.25) is 0 Å². The normalized spacial score (nSPS) is 34.0. The van der Waals surface area contributed by atoms with Gasteiger partial charge in [0.25, 0.3) is 0 Å². The Morgan fingerprint density at radius 1 is 1.17 bits per heavy atom. The number of esters is 1. The number of halogens is 1. The van der Waals surface area contributed by atoms with Crippen molar-refractivity contribution in [1.82, 2.24) is 0 Å². The lowest BCUT2D eigenvalue weighted by atomic mass is 9.48. The van der Waals surface area contributed by atoms with Crippen LogP contribution in [0.15, 0.2) is 47.1 Å². The Labute approximate surface area is 247 Å². The SMILES string of the molecule is CC#C[C@]1(C(=O)COC(C)=O)CC[C@H]2[C@@H]3CC(F)C4=CC(=O)CCC4=C3[C@@H](c3ccc(N4CCOCC4)cc3)C[C@@]21C. The van der Waals surface area contributed by atoms with Crippen LogP contribution in [0.3, 0.4) is 0 Å². The van der Waals surface area contributed by atoms with Crippen LogP contribution >= 0.6 is 0 Å². The van der Waals surface area contributed by atoms with E-state index in [4.69, 9.17) is 9.47 Å². The van der Waals surface area contributed by atoms with Gasteiger partial charge < -0.3 is 14.4 Å². The van der Waals surface area contributed by atoms with Gasteiger partial charge in [-0.3, -0.25) is 14.4 Å². The van der Waals surface area contributed by atoms with Crippen molar-refractivity contribution in [3.63, 3.8) is 0 Å². The van der Waals surface area contributed by atoms with Gasteiger partial charge in [0, 0.05) is 38.0 Å². The molecule has 1 aromatic rings. The van der Waals surface area contributed by atoms with E-state index in [2.05, 4.69) is 47.9 Å². The van der Waals surface area contributed by atoms with Crippen molar-refractivity contribution in [3.8, 4) is 11.8 Å². The third kappa shape index (κ3) is 4.63. The maximum atomic E-state index is 15.9. The molecule has 0 spiro atoms. The fourth-order valence-corrected chi connectivity index (χ4v) is 8.94. The zero-order valence-electron chi connectivity index (χ0n) is 24.8. The van der Waals surface area contributed by atoms with E-state index in [1.807, 2.05) is 0 Å². The molecule has 5 aliphatic rings. The Morgan fingerprint density at radius 3 is 2.60 bits per heavy atom. The first-order valence-electron chi connectivity index (χ1n) is 15.3. The topological polar surface area (TPSA) is 72.9 Å². The zero-order chi connectivity index (χ0) is 29.6. The van der Waals surface area contributed by atoms with Gasteiger partial charge >= 0.3 is 5.97 Å². The highest BCUT2D eigenvalue weighted by atomic mass is 19.1. The van der Waals surface area contributed by atoms with E-state index in [0.717, 1.165) is 36.3 Å². The van der Waals surface area contributed by atoms with E-state index in [-0.39, 0.29) is 35.9 Å². The third-order valence-electron chi connectivity index (χ3n) is 10.8. The first kappa shape index (κ1) is 28.9. The lowest BCUT2D eigenvalue weighted by Crippen LogP contribution is -2.52. The van der Waals surface area contributed by atoms with Crippen molar-refractivity contribution in [2.75, 3.05) is 37.8 Å². The molecule has 3 fully saturated rings. The summed E-state index contributed by atoms with van der Waals surface area (Å²) in [7, 11) is 0. The van der Waals surface area contributed by atoms with Crippen LogP contribution in [0.4, 0.5) is 10.1 Å². The molecule has 2 saturated carbocycles. The Morgan fingerprint density at radius 2 is 1.90 bits per heavy atom. The second-order valence-electron chi connectivity index (χ2n) is 12.8. The Bertz CT molecular complexity index is 1410. The molecule has 42 heavy (non-hydrogen) atoms. The monoisotopic (exact) mass is 573 g/mol. The predicted octanol–water partition coefficient (Wildman–Crippen LogP) is 5.51. The maximum absolute atomic E-state index is 15.9. The van der Waals surface area contributed by atoms with E-state index in [1.54, 1.807) is 13.0 Å². The average molecular weight is 574 g/mol. The van der Waals surface area contributed by atoms with Crippen LogP contribution in [0.25, 0.3) is 0 Å². The van der Waals surface area contributed by atoms with E-state index in [9.17, 15) is 14.4 Å². The predicted molar refractivity (Wildman–Crippen MR) is 158 cm³/mol. The molecule has 6 nitrogen and oxygen atoms in total. The molecule has 0 aromatic heterocycles.